The lowest BCUT2D eigenvalue weighted by atomic mass is 9.83. The molecule has 2 rings (SSSR count). The molecule has 0 amide bonds. The van der Waals surface area contributed by atoms with E-state index in [1.165, 1.54) is 0 Å². The van der Waals surface area contributed by atoms with Crippen molar-refractivity contribution in [3.63, 3.8) is 0 Å². The number of hydrogen-bond acceptors (Lipinski definition) is 3. The van der Waals surface area contributed by atoms with Gasteiger partial charge in [0.05, 0.1) is 13.2 Å². The van der Waals surface area contributed by atoms with Gasteiger partial charge in [0.1, 0.15) is 0 Å². The summed E-state index contributed by atoms with van der Waals surface area (Å²) in [5.74, 6) is 2.00. The van der Waals surface area contributed by atoms with Crippen LogP contribution in [0.2, 0.25) is 0 Å². The van der Waals surface area contributed by atoms with Crippen LogP contribution in [-0.2, 0) is 0 Å². The molecule has 1 aliphatic rings. The fourth-order valence-corrected chi connectivity index (χ4v) is 2.89. The summed E-state index contributed by atoms with van der Waals surface area (Å²) >= 11 is 0. The van der Waals surface area contributed by atoms with Crippen molar-refractivity contribution in [2.24, 2.45) is 11.3 Å². The van der Waals surface area contributed by atoms with E-state index in [1.54, 1.807) is 0 Å². The second-order valence-corrected chi connectivity index (χ2v) is 7.21. The first-order valence-corrected chi connectivity index (χ1v) is 7.78. The lowest BCUT2D eigenvalue weighted by Crippen LogP contribution is -2.14. The summed E-state index contributed by atoms with van der Waals surface area (Å²) in [7, 11) is 0. The van der Waals surface area contributed by atoms with Crippen molar-refractivity contribution in [1.29, 1.82) is 0 Å². The van der Waals surface area contributed by atoms with Gasteiger partial charge in [-0.3, -0.25) is 4.79 Å². The predicted octanol–water partition coefficient (Wildman–Crippen LogP) is 4.49. The Morgan fingerprint density at radius 2 is 1.86 bits per heavy atom. The maximum absolute atomic E-state index is 12.4. The van der Waals surface area contributed by atoms with Crippen LogP contribution >= 0.6 is 0 Å². The molecule has 3 nitrogen and oxygen atoms in total. The van der Waals surface area contributed by atoms with Crippen LogP contribution < -0.4 is 9.47 Å². The topological polar surface area (TPSA) is 35.5 Å². The molecule has 0 N–H and O–H groups in total. The van der Waals surface area contributed by atoms with Gasteiger partial charge >= 0.3 is 0 Å². The number of Topliss-reactive ketones (excluding diaryl/α,β-unsaturated/α-hetero) is 1. The molecular formula is C18H26O3. The number of carbonyl (C=O) groups is 1. The molecule has 0 spiro atoms. The minimum atomic E-state index is 0.183. The van der Waals surface area contributed by atoms with Crippen molar-refractivity contribution in [2.45, 2.75) is 47.0 Å². The Morgan fingerprint density at radius 3 is 2.52 bits per heavy atom. The molecule has 1 aromatic rings. The van der Waals surface area contributed by atoms with Gasteiger partial charge in [-0.05, 0) is 36.0 Å². The molecular weight excluding hydrogens is 264 g/mol. The van der Waals surface area contributed by atoms with Gasteiger partial charge in [-0.2, -0.15) is 0 Å². The van der Waals surface area contributed by atoms with Crippen molar-refractivity contribution in [2.75, 3.05) is 13.2 Å². The Morgan fingerprint density at radius 1 is 1.19 bits per heavy atom. The van der Waals surface area contributed by atoms with E-state index in [0.29, 0.717) is 31.3 Å². The second kappa shape index (κ2) is 6.50. The standard InChI is InChI=1S/C18H26O3/c1-13(12-18(2,3)4)10-15(19)14-6-7-16-17(11-14)21-9-5-8-20-16/h6-7,11,13H,5,8-10,12H2,1-4H3. The van der Waals surface area contributed by atoms with Crippen LogP contribution in [-0.4, -0.2) is 19.0 Å². The largest absolute Gasteiger partial charge is 0.490 e. The molecule has 1 atom stereocenters. The van der Waals surface area contributed by atoms with Crippen LogP contribution in [0.1, 0.15) is 57.3 Å². The molecule has 0 aromatic heterocycles. The van der Waals surface area contributed by atoms with Gasteiger partial charge < -0.3 is 9.47 Å². The zero-order chi connectivity index (χ0) is 15.5. The van der Waals surface area contributed by atoms with E-state index >= 15 is 0 Å². The van der Waals surface area contributed by atoms with E-state index in [0.717, 1.165) is 24.2 Å². The lowest BCUT2D eigenvalue weighted by Gasteiger charge is -2.22. The van der Waals surface area contributed by atoms with Crippen molar-refractivity contribution in [3.8, 4) is 11.5 Å². The normalized spacial score (nSPS) is 16.2. The molecule has 0 radical (unpaired) electrons. The minimum absolute atomic E-state index is 0.183. The smallest absolute Gasteiger partial charge is 0.163 e. The molecule has 0 bridgehead atoms. The Balaban J connectivity index is 2.04. The number of benzene rings is 1. The van der Waals surface area contributed by atoms with Crippen LogP contribution in [0.3, 0.4) is 0 Å². The Bertz CT molecular complexity index is 500. The monoisotopic (exact) mass is 290 g/mol. The van der Waals surface area contributed by atoms with Crippen molar-refractivity contribution < 1.29 is 14.3 Å². The molecule has 0 saturated heterocycles. The van der Waals surface area contributed by atoms with Crippen LogP contribution in [0.5, 0.6) is 11.5 Å². The van der Waals surface area contributed by atoms with E-state index in [4.69, 9.17) is 9.47 Å². The van der Waals surface area contributed by atoms with Gasteiger partial charge in [-0.1, -0.05) is 27.7 Å². The van der Waals surface area contributed by atoms with Crippen molar-refractivity contribution in [3.05, 3.63) is 23.8 Å². The summed E-state index contributed by atoms with van der Waals surface area (Å²) in [5.41, 5.74) is 0.977. The fourth-order valence-electron chi connectivity index (χ4n) is 2.89. The third kappa shape index (κ3) is 4.76. The number of carbonyl (C=O) groups excluding carboxylic acids is 1. The zero-order valence-electron chi connectivity index (χ0n) is 13.6. The van der Waals surface area contributed by atoms with E-state index in [2.05, 4.69) is 27.7 Å². The summed E-state index contributed by atoms with van der Waals surface area (Å²) in [6.45, 7) is 10.1. The average molecular weight is 290 g/mol. The van der Waals surface area contributed by atoms with Crippen molar-refractivity contribution in [1.82, 2.24) is 0 Å². The summed E-state index contributed by atoms with van der Waals surface area (Å²) < 4.78 is 11.2. The second-order valence-electron chi connectivity index (χ2n) is 7.21. The third-order valence-electron chi connectivity index (χ3n) is 3.56. The number of ether oxygens (including phenoxy) is 2. The lowest BCUT2D eigenvalue weighted by molar-refractivity contribution is 0.0954. The SMILES string of the molecule is CC(CC(=O)c1ccc2c(c1)OCCCO2)CC(C)(C)C. The van der Waals surface area contributed by atoms with Crippen LogP contribution in [0, 0.1) is 11.3 Å². The highest BCUT2D eigenvalue weighted by molar-refractivity contribution is 5.96. The zero-order valence-corrected chi connectivity index (χ0v) is 13.6. The van der Waals surface area contributed by atoms with Gasteiger partial charge in [-0.25, -0.2) is 0 Å². The molecule has 0 saturated carbocycles. The summed E-state index contributed by atoms with van der Waals surface area (Å²) in [5, 5.41) is 0. The maximum atomic E-state index is 12.4. The maximum Gasteiger partial charge on any atom is 0.163 e. The summed E-state index contributed by atoms with van der Waals surface area (Å²) in [6.07, 6.45) is 2.50. The van der Waals surface area contributed by atoms with Gasteiger partial charge in [-0.15, -0.1) is 0 Å². The van der Waals surface area contributed by atoms with Crippen LogP contribution in [0.4, 0.5) is 0 Å². The number of fused-ring (bicyclic) bond motifs is 1. The highest BCUT2D eigenvalue weighted by Crippen LogP contribution is 2.32. The molecule has 1 unspecified atom stereocenters. The molecule has 116 valence electrons. The number of rotatable bonds is 4. The first kappa shape index (κ1) is 15.9. The minimum Gasteiger partial charge on any atom is -0.490 e. The Kier molecular flexibility index (Phi) is 4.92. The van der Waals surface area contributed by atoms with Gasteiger partial charge in [0, 0.05) is 18.4 Å². The molecule has 3 heteroatoms. The predicted molar refractivity (Wildman–Crippen MR) is 84.2 cm³/mol. The van der Waals surface area contributed by atoms with E-state index in [9.17, 15) is 4.79 Å². The highest BCUT2D eigenvalue weighted by Gasteiger charge is 2.20. The Hall–Kier alpha value is -1.51. The highest BCUT2D eigenvalue weighted by atomic mass is 16.5. The molecule has 0 fully saturated rings. The Labute approximate surface area is 127 Å². The van der Waals surface area contributed by atoms with E-state index in [-0.39, 0.29) is 11.2 Å². The van der Waals surface area contributed by atoms with Crippen molar-refractivity contribution >= 4 is 5.78 Å². The quantitative estimate of drug-likeness (QED) is 0.766. The molecule has 1 aromatic carbocycles. The summed E-state index contributed by atoms with van der Waals surface area (Å²) in [6, 6.07) is 5.52. The molecule has 21 heavy (non-hydrogen) atoms. The van der Waals surface area contributed by atoms with Crippen LogP contribution in [0.25, 0.3) is 0 Å². The average Bonchev–Trinajstić information content (AvgIpc) is 2.60. The fraction of sp³-hybridized carbons (Fsp3) is 0.611. The van der Waals surface area contributed by atoms with E-state index in [1.807, 2.05) is 18.2 Å². The van der Waals surface area contributed by atoms with Gasteiger partial charge in [0.2, 0.25) is 0 Å². The van der Waals surface area contributed by atoms with Gasteiger partial charge in [0.25, 0.3) is 0 Å². The number of hydrogen-bond donors (Lipinski definition) is 0. The first-order valence-electron chi connectivity index (χ1n) is 7.78. The molecule has 1 heterocycles. The summed E-state index contributed by atoms with van der Waals surface area (Å²) in [4.78, 5) is 12.4. The molecule has 1 aliphatic heterocycles. The number of ketones is 1. The first-order chi connectivity index (χ1) is 9.85. The third-order valence-corrected chi connectivity index (χ3v) is 3.56. The van der Waals surface area contributed by atoms with Gasteiger partial charge in [0.15, 0.2) is 17.3 Å². The van der Waals surface area contributed by atoms with Crippen LogP contribution in [0.15, 0.2) is 18.2 Å². The van der Waals surface area contributed by atoms with E-state index < -0.39 is 0 Å². The molecule has 0 aliphatic carbocycles.